The van der Waals surface area contributed by atoms with Crippen LogP contribution in [0.5, 0.6) is 5.75 Å². The predicted molar refractivity (Wildman–Crippen MR) is 78.5 cm³/mol. The van der Waals surface area contributed by atoms with E-state index in [1.807, 2.05) is 0 Å². The largest absolute Gasteiger partial charge is 0.495 e. The molecule has 5 nitrogen and oxygen atoms in total. The molecule has 114 valence electrons. The Morgan fingerprint density at radius 3 is 2.52 bits per heavy atom. The van der Waals surface area contributed by atoms with Crippen LogP contribution in [0.2, 0.25) is 5.02 Å². The smallest absolute Gasteiger partial charge is 0.335 e. The molecule has 0 saturated heterocycles. The lowest BCUT2D eigenvalue weighted by Gasteiger charge is -2.19. The standard InChI is InChI=1S/C15H17ClO5/c1-4-5-11(15(18)19)14(21-9(2)17)10-6-7-13(20-3)12(16)8-10/h5-8,14H,4H2,1-3H3,(H,18,19). The number of rotatable bonds is 6. The summed E-state index contributed by atoms with van der Waals surface area (Å²) in [7, 11) is 1.48. The van der Waals surface area contributed by atoms with E-state index in [1.54, 1.807) is 19.1 Å². The number of allylic oxidation sites excluding steroid dienone is 1. The molecule has 0 fully saturated rings. The van der Waals surface area contributed by atoms with Crippen molar-refractivity contribution in [2.24, 2.45) is 0 Å². The van der Waals surface area contributed by atoms with Crippen LogP contribution in [-0.4, -0.2) is 24.2 Å². The number of carboxylic acids is 1. The summed E-state index contributed by atoms with van der Waals surface area (Å²) in [6.45, 7) is 3.03. The summed E-state index contributed by atoms with van der Waals surface area (Å²) in [6, 6.07) is 4.74. The molecule has 0 aromatic heterocycles. The minimum Gasteiger partial charge on any atom is -0.495 e. The molecule has 0 heterocycles. The number of hydrogen-bond acceptors (Lipinski definition) is 4. The fraction of sp³-hybridized carbons (Fsp3) is 0.333. The first kappa shape index (κ1) is 17.0. The molecule has 21 heavy (non-hydrogen) atoms. The second-order valence-electron chi connectivity index (χ2n) is 4.26. The molecular formula is C15H17ClO5. The summed E-state index contributed by atoms with van der Waals surface area (Å²) in [5, 5.41) is 9.62. The predicted octanol–water partition coefficient (Wildman–Crippen LogP) is 3.37. The van der Waals surface area contributed by atoms with Gasteiger partial charge in [0.2, 0.25) is 0 Å². The maximum Gasteiger partial charge on any atom is 0.335 e. The lowest BCUT2D eigenvalue weighted by Crippen LogP contribution is -2.17. The molecule has 0 amide bonds. The number of benzene rings is 1. The summed E-state index contributed by atoms with van der Waals surface area (Å²) in [5.74, 6) is -1.26. The van der Waals surface area contributed by atoms with Crippen molar-refractivity contribution >= 4 is 23.5 Å². The van der Waals surface area contributed by atoms with Crippen LogP contribution in [0.4, 0.5) is 0 Å². The Bertz CT molecular complexity index is 565. The topological polar surface area (TPSA) is 72.8 Å². The highest BCUT2D eigenvalue weighted by atomic mass is 35.5. The molecule has 1 unspecified atom stereocenters. The third kappa shape index (κ3) is 4.49. The molecule has 0 spiro atoms. The number of hydrogen-bond donors (Lipinski definition) is 1. The lowest BCUT2D eigenvalue weighted by molar-refractivity contribution is -0.146. The highest BCUT2D eigenvalue weighted by Gasteiger charge is 2.25. The second kappa shape index (κ2) is 7.69. The maximum atomic E-state index is 11.4. The summed E-state index contributed by atoms with van der Waals surface area (Å²) in [4.78, 5) is 22.6. The molecule has 1 atom stereocenters. The van der Waals surface area contributed by atoms with Crippen molar-refractivity contribution < 1.29 is 24.2 Å². The molecule has 0 aliphatic rings. The fourth-order valence-electron chi connectivity index (χ4n) is 1.85. The zero-order valence-electron chi connectivity index (χ0n) is 12.1. The average Bonchev–Trinajstić information content (AvgIpc) is 2.42. The van der Waals surface area contributed by atoms with Gasteiger partial charge in [-0.15, -0.1) is 0 Å². The quantitative estimate of drug-likeness (QED) is 0.644. The molecule has 1 rings (SSSR count). The van der Waals surface area contributed by atoms with Crippen LogP contribution >= 0.6 is 11.6 Å². The molecule has 0 saturated carbocycles. The normalized spacial score (nSPS) is 12.7. The van der Waals surface area contributed by atoms with E-state index in [2.05, 4.69) is 0 Å². The first-order chi connectivity index (χ1) is 9.90. The van der Waals surface area contributed by atoms with Crippen molar-refractivity contribution in [1.29, 1.82) is 0 Å². The van der Waals surface area contributed by atoms with Crippen LogP contribution in [0, 0.1) is 0 Å². The molecule has 0 aliphatic heterocycles. The Hall–Kier alpha value is -2.01. The number of aliphatic carboxylic acids is 1. The van der Waals surface area contributed by atoms with Gasteiger partial charge in [0.25, 0.3) is 0 Å². The van der Waals surface area contributed by atoms with E-state index >= 15 is 0 Å². The number of carboxylic acid groups (broad SMARTS) is 1. The third-order valence-electron chi connectivity index (χ3n) is 2.72. The van der Waals surface area contributed by atoms with E-state index < -0.39 is 18.0 Å². The molecule has 0 aliphatic carbocycles. The minimum absolute atomic E-state index is 0.00562. The first-order valence-corrected chi connectivity index (χ1v) is 6.72. The van der Waals surface area contributed by atoms with Crippen molar-refractivity contribution in [3.8, 4) is 5.75 Å². The number of ether oxygens (including phenoxy) is 2. The number of methoxy groups -OCH3 is 1. The molecule has 0 radical (unpaired) electrons. The highest BCUT2D eigenvalue weighted by Crippen LogP contribution is 2.32. The SMILES string of the molecule is CCC=C(C(=O)O)C(OC(C)=O)c1ccc(OC)c(Cl)c1. The Morgan fingerprint density at radius 1 is 1.43 bits per heavy atom. The van der Waals surface area contributed by atoms with E-state index in [9.17, 15) is 14.7 Å². The zero-order chi connectivity index (χ0) is 16.0. The van der Waals surface area contributed by atoms with Gasteiger partial charge in [-0.05, 0) is 24.1 Å². The fourth-order valence-corrected chi connectivity index (χ4v) is 2.12. The van der Waals surface area contributed by atoms with Crippen LogP contribution in [0.1, 0.15) is 31.9 Å². The van der Waals surface area contributed by atoms with Crippen molar-refractivity contribution in [2.75, 3.05) is 7.11 Å². The van der Waals surface area contributed by atoms with Gasteiger partial charge in [-0.1, -0.05) is 30.7 Å². The van der Waals surface area contributed by atoms with E-state index in [1.165, 1.54) is 26.2 Å². The van der Waals surface area contributed by atoms with Crippen LogP contribution in [0.3, 0.4) is 0 Å². The number of carbonyl (C=O) groups is 2. The van der Waals surface area contributed by atoms with Crippen LogP contribution in [-0.2, 0) is 14.3 Å². The third-order valence-corrected chi connectivity index (χ3v) is 3.01. The van der Waals surface area contributed by atoms with Gasteiger partial charge in [0.1, 0.15) is 5.75 Å². The number of esters is 1. The Morgan fingerprint density at radius 2 is 2.10 bits per heavy atom. The van der Waals surface area contributed by atoms with Gasteiger partial charge in [0, 0.05) is 6.92 Å². The average molecular weight is 313 g/mol. The van der Waals surface area contributed by atoms with Crippen molar-refractivity contribution in [3.63, 3.8) is 0 Å². The van der Waals surface area contributed by atoms with Crippen LogP contribution < -0.4 is 4.74 Å². The molecule has 1 N–H and O–H groups in total. The highest BCUT2D eigenvalue weighted by molar-refractivity contribution is 6.32. The molecule has 0 bridgehead atoms. The van der Waals surface area contributed by atoms with Crippen molar-refractivity contribution in [1.82, 2.24) is 0 Å². The zero-order valence-corrected chi connectivity index (χ0v) is 12.8. The second-order valence-corrected chi connectivity index (χ2v) is 4.66. The lowest BCUT2D eigenvalue weighted by atomic mass is 10.00. The Balaban J connectivity index is 3.30. The van der Waals surface area contributed by atoms with E-state index in [-0.39, 0.29) is 5.57 Å². The van der Waals surface area contributed by atoms with Gasteiger partial charge in [-0.2, -0.15) is 0 Å². The molecule has 1 aromatic carbocycles. The van der Waals surface area contributed by atoms with Crippen molar-refractivity contribution in [3.05, 3.63) is 40.4 Å². The Labute approximate surface area is 128 Å². The molecular weight excluding hydrogens is 296 g/mol. The van der Waals surface area contributed by atoms with E-state index in [0.29, 0.717) is 22.8 Å². The summed E-state index contributed by atoms with van der Waals surface area (Å²) in [6.07, 6.45) is 1.00. The van der Waals surface area contributed by atoms with Crippen LogP contribution in [0.25, 0.3) is 0 Å². The number of halogens is 1. The van der Waals surface area contributed by atoms with Gasteiger partial charge >= 0.3 is 11.9 Å². The monoisotopic (exact) mass is 312 g/mol. The minimum atomic E-state index is -1.14. The van der Waals surface area contributed by atoms with E-state index in [0.717, 1.165) is 0 Å². The summed E-state index contributed by atoms with van der Waals surface area (Å²) in [5.41, 5.74) is 0.465. The molecule has 1 aromatic rings. The van der Waals surface area contributed by atoms with Gasteiger partial charge in [-0.3, -0.25) is 4.79 Å². The maximum absolute atomic E-state index is 11.4. The van der Waals surface area contributed by atoms with Gasteiger partial charge in [0.15, 0.2) is 6.10 Å². The number of carbonyl (C=O) groups excluding carboxylic acids is 1. The van der Waals surface area contributed by atoms with Gasteiger partial charge in [0.05, 0.1) is 17.7 Å². The van der Waals surface area contributed by atoms with E-state index in [4.69, 9.17) is 21.1 Å². The van der Waals surface area contributed by atoms with Crippen molar-refractivity contribution in [2.45, 2.75) is 26.4 Å². The van der Waals surface area contributed by atoms with Gasteiger partial charge < -0.3 is 14.6 Å². The molecule has 6 heteroatoms. The first-order valence-electron chi connectivity index (χ1n) is 6.34. The Kier molecular flexibility index (Phi) is 6.24. The van der Waals surface area contributed by atoms with Crippen LogP contribution in [0.15, 0.2) is 29.8 Å². The summed E-state index contributed by atoms with van der Waals surface area (Å²) < 4.78 is 10.2. The summed E-state index contributed by atoms with van der Waals surface area (Å²) >= 11 is 6.04. The van der Waals surface area contributed by atoms with Gasteiger partial charge in [-0.25, -0.2) is 4.79 Å².